The van der Waals surface area contributed by atoms with E-state index in [9.17, 15) is 49.2 Å². The van der Waals surface area contributed by atoms with Gasteiger partial charge in [0.15, 0.2) is 23.0 Å². The van der Waals surface area contributed by atoms with Gasteiger partial charge in [-0.15, -0.1) is 0 Å². The average Bonchev–Trinajstić information content (AvgIpc) is 2.62. The number of amides is 1. The van der Waals surface area contributed by atoms with E-state index in [1.54, 1.807) is 6.92 Å². The molecule has 0 bridgehead atoms. The summed E-state index contributed by atoms with van der Waals surface area (Å²) < 4.78 is 0. The third-order valence-electron chi connectivity index (χ3n) is 4.49. The highest BCUT2D eigenvalue weighted by Gasteiger charge is 2.68. The van der Waals surface area contributed by atoms with Crippen molar-refractivity contribution in [2.75, 3.05) is 0 Å². The van der Waals surface area contributed by atoms with Crippen LogP contribution in [0.4, 0.5) is 0 Å². The van der Waals surface area contributed by atoms with E-state index in [-0.39, 0.29) is 12.8 Å². The number of hydrogen-bond acceptors (Lipinski definition) is 10. The van der Waals surface area contributed by atoms with E-state index in [0.29, 0.717) is 13.8 Å². The summed E-state index contributed by atoms with van der Waals surface area (Å²) in [6, 6.07) is -2.50. The minimum atomic E-state index is -3.76. The minimum Gasteiger partial charge on any atom is -0.390 e. The van der Waals surface area contributed by atoms with Crippen LogP contribution in [0, 0.1) is 0 Å². The first-order chi connectivity index (χ1) is 13.1. The largest absolute Gasteiger partial charge is 0.390 e. The molecule has 0 heterocycles. The van der Waals surface area contributed by atoms with Gasteiger partial charge in [-0.25, -0.2) is 0 Å². The summed E-state index contributed by atoms with van der Waals surface area (Å²) in [5.41, 5.74) is -7.40. The smallest absolute Gasteiger partial charge is 0.223 e. The molecule has 29 heavy (non-hydrogen) atoms. The summed E-state index contributed by atoms with van der Waals surface area (Å²) in [5, 5.41) is 43.1. The van der Waals surface area contributed by atoms with Gasteiger partial charge >= 0.3 is 0 Å². The zero-order chi connectivity index (χ0) is 23.3. The molecule has 5 N–H and O–H groups in total. The molecule has 0 aliphatic heterocycles. The van der Waals surface area contributed by atoms with E-state index in [4.69, 9.17) is 0 Å². The first-order valence-corrected chi connectivity index (χ1v) is 8.81. The Labute approximate surface area is 167 Å². The van der Waals surface area contributed by atoms with Crippen LogP contribution >= 0.6 is 0 Å². The molecule has 0 rings (SSSR count). The number of ketones is 5. The van der Waals surface area contributed by atoms with E-state index < -0.39 is 64.3 Å². The number of aliphatic hydroxyl groups excluding tert-OH is 2. The Kier molecular flexibility index (Phi) is 9.12. The van der Waals surface area contributed by atoms with Crippen LogP contribution in [0.1, 0.15) is 47.5 Å². The topological polar surface area (TPSA) is 195 Å². The van der Waals surface area contributed by atoms with Crippen LogP contribution in [0.25, 0.3) is 0 Å². The highest BCUT2D eigenvalue weighted by atomic mass is 16.4. The van der Waals surface area contributed by atoms with Gasteiger partial charge in [0.25, 0.3) is 0 Å². The summed E-state index contributed by atoms with van der Waals surface area (Å²) >= 11 is 0. The first-order valence-electron chi connectivity index (χ1n) is 8.81. The minimum absolute atomic E-state index is 0.210. The van der Waals surface area contributed by atoms with Gasteiger partial charge in [0.1, 0.15) is 12.1 Å². The van der Waals surface area contributed by atoms with Gasteiger partial charge < -0.3 is 25.7 Å². The lowest BCUT2D eigenvalue weighted by Crippen LogP contribution is -2.78. The van der Waals surface area contributed by atoms with Crippen molar-refractivity contribution in [3.8, 4) is 0 Å². The molecule has 0 saturated heterocycles. The van der Waals surface area contributed by atoms with Gasteiger partial charge in [0, 0.05) is 13.3 Å². The number of nitrogens with one attached hydrogen (secondary N) is 1. The van der Waals surface area contributed by atoms with E-state index in [0.717, 1.165) is 13.8 Å². The molecule has 0 aliphatic carbocycles. The quantitative estimate of drug-likeness (QED) is 0.166. The highest BCUT2D eigenvalue weighted by molar-refractivity contribution is 6.40. The fraction of sp³-hybridized carbons (Fsp3) is 0.667. The highest BCUT2D eigenvalue weighted by Crippen LogP contribution is 2.32. The van der Waals surface area contributed by atoms with Crippen molar-refractivity contribution < 1.29 is 49.2 Å². The molecular weight excluding hydrogens is 390 g/mol. The normalized spacial score (nSPS) is 18.4. The van der Waals surface area contributed by atoms with Crippen molar-refractivity contribution in [1.29, 1.82) is 0 Å². The van der Waals surface area contributed by atoms with Gasteiger partial charge in [-0.1, -0.05) is 6.92 Å². The third-order valence-corrected chi connectivity index (χ3v) is 4.49. The third kappa shape index (κ3) is 4.99. The maximum Gasteiger partial charge on any atom is 0.223 e. The Morgan fingerprint density at radius 2 is 1.41 bits per heavy atom. The Morgan fingerprint density at radius 1 is 0.931 bits per heavy atom. The Balaban J connectivity index is 6.91. The van der Waals surface area contributed by atoms with Crippen LogP contribution in [-0.4, -0.2) is 84.7 Å². The molecular formula is C18H27NO10. The molecule has 5 atom stereocenters. The van der Waals surface area contributed by atoms with E-state index in [2.05, 4.69) is 0 Å². The maximum atomic E-state index is 12.6. The van der Waals surface area contributed by atoms with Crippen LogP contribution in [0.15, 0.2) is 0 Å². The van der Waals surface area contributed by atoms with Gasteiger partial charge in [0.2, 0.25) is 23.1 Å². The Hall–Kier alpha value is -2.34. The van der Waals surface area contributed by atoms with Gasteiger partial charge in [0.05, 0.1) is 6.10 Å². The standard InChI is InChI=1S/C18H27NO10/c1-6-7-12(24)19-15(13(25)8(2)20)17(28,10(4)22)18(29,11(5)23)16(27)14(26)9(3)21/h9,14-15,21,26,28-29H,6-7H2,1-5H3,(H,19,24)/t9?,14?,15-,17-,18-/m1/s1. The molecule has 0 aliphatic rings. The van der Waals surface area contributed by atoms with Crippen molar-refractivity contribution in [3.63, 3.8) is 0 Å². The Morgan fingerprint density at radius 3 is 1.72 bits per heavy atom. The molecule has 0 fully saturated rings. The number of aliphatic hydroxyl groups is 4. The zero-order valence-corrected chi connectivity index (χ0v) is 16.9. The number of carbonyl (C=O) groups is 6. The summed E-state index contributed by atoms with van der Waals surface area (Å²) in [4.78, 5) is 73.2. The second-order valence-electron chi connectivity index (χ2n) is 6.81. The van der Waals surface area contributed by atoms with Crippen molar-refractivity contribution >= 4 is 34.8 Å². The van der Waals surface area contributed by atoms with Crippen LogP contribution in [-0.2, 0) is 28.8 Å². The second kappa shape index (κ2) is 9.92. The molecule has 11 heteroatoms. The lowest BCUT2D eigenvalue weighted by atomic mass is 9.67. The zero-order valence-electron chi connectivity index (χ0n) is 16.9. The number of carbonyl (C=O) groups excluding carboxylic acids is 6. The van der Waals surface area contributed by atoms with Gasteiger partial charge in [-0.05, 0) is 27.2 Å². The van der Waals surface area contributed by atoms with Crippen LogP contribution in [0.3, 0.4) is 0 Å². The lowest BCUT2D eigenvalue weighted by Gasteiger charge is -2.43. The van der Waals surface area contributed by atoms with Gasteiger partial charge in [-0.3, -0.25) is 28.8 Å². The van der Waals surface area contributed by atoms with Crippen LogP contribution < -0.4 is 5.32 Å². The van der Waals surface area contributed by atoms with Crippen LogP contribution in [0.5, 0.6) is 0 Å². The second-order valence-corrected chi connectivity index (χ2v) is 6.81. The molecule has 1 amide bonds. The number of Topliss-reactive ketones (excluding diaryl/α,β-unsaturated/α-hetero) is 5. The summed E-state index contributed by atoms with van der Waals surface area (Å²) in [7, 11) is 0. The number of hydrogen-bond donors (Lipinski definition) is 5. The predicted octanol–water partition coefficient (Wildman–Crippen LogP) is -2.62. The first kappa shape index (κ1) is 26.7. The van der Waals surface area contributed by atoms with Crippen molar-refractivity contribution in [1.82, 2.24) is 5.32 Å². The van der Waals surface area contributed by atoms with E-state index in [1.165, 1.54) is 0 Å². The fourth-order valence-electron chi connectivity index (χ4n) is 2.75. The fourth-order valence-corrected chi connectivity index (χ4v) is 2.75. The molecule has 0 aromatic heterocycles. The van der Waals surface area contributed by atoms with Crippen molar-refractivity contribution in [2.24, 2.45) is 0 Å². The summed E-state index contributed by atoms with van der Waals surface area (Å²) in [5.74, 6) is -8.69. The van der Waals surface area contributed by atoms with Gasteiger partial charge in [-0.2, -0.15) is 0 Å². The van der Waals surface area contributed by atoms with E-state index >= 15 is 0 Å². The van der Waals surface area contributed by atoms with E-state index in [1.807, 2.05) is 5.32 Å². The Bertz CT molecular complexity index is 715. The lowest BCUT2D eigenvalue weighted by molar-refractivity contribution is -0.197. The van der Waals surface area contributed by atoms with Crippen LogP contribution in [0.2, 0.25) is 0 Å². The summed E-state index contributed by atoms with van der Waals surface area (Å²) in [6.45, 7) is 4.47. The maximum absolute atomic E-state index is 12.6. The molecule has 0 radical (unpaired) electrons. The van der Waals surface area contributed by atoms with Crippen molar-refractivity contribution in [3.05, 3.63) is 0 Å². The molecule has 164 valence electrons. The van der Waals surface area contributed by atoms with Crippen molar-refractivity contribution in [2.45, 2.75) is 76.9 Å². The average molecular weight is 417 g/mol. The molecule has 0 aromatic carbocycles. The SMILES string of the molecule is CCCC(=O)N[C@H](C(=O)C(C)=O)[C@](O)(C(C)=O)[C@@](O)(C(C)=O)C(=O)C(O)C(C)O. The predicted molar refractivity (Wildman–Crippen MR) is 96.5 cm³/mol. The molecule has 11 nitrogen and oxygen atoms in total. The molecule has 0 saturated carbocycles. The molecule has 2 unspecified atom stereocenters. The number of rotatable bonds is 12. The summed E-state index contributed by atoms with van der Waals surface area (Å²) in [6.07, 6.45) is -4.21. The monoisotopic (exact) mass is 417 g/mol. The molecule has 0 spiro atoms. The molecule has 0 aromatic rings.